The Morgan fingerprint density at radius 2 is 2.17 bits per heavy atom. The normalized spacial score (nSPS) is 20.9. The molecule has 0 saturated carbocycles. The second-order valence-corrected chi connectivity index (χ2v) is 5.02. The Morgan fingerprint density at radius 3 is 2.56 bits per heavy atom. The first-order valence-corrected chi connectivity index (χ1v) is 6.18. The van der Waals surface area contributed by atoms with Crippen molar-refractivity contribution in [2.75, 3.05) is 0 Å². The van der Waals surface area contributed by atoms with Gasteiger partial charge in [0.05, 0.1) is 12.3 Å². The standard InChI is InChI=1S/C14H20O4/c1-9(2)11-5-3-10(4-6-11)7-12(14(17)18)8-13(15)16/h3,11-12H,1,4-8H2,2H3,(H,15,16)(H,17,18)/t11?,12-/m0/s1. The van der Waals surface area contributed by atoms with Gasteiger partial charge < -0.3 is 10.2 Å². The van der Waals surface area contributed by atoms with Crippen LogP contribution in [0, 0.1) is 11.8 Å². The van der Waals surface area contributed by atoms with Gasteiger partial charge >= 0.3 is 11.9 Å². The summed E-state index contributed by atoms with van der Waals surface area (Å²) < 4.78 is 0. The molecular formula is C14H20O4. The fourth-order valence-corrected chi connectivity index (χ4v) is 2.30. The van der Waals surface area contributed by atoms with Gasteiger partial charge in [0.25, 0.3) is 0 Å². The molecule has 18 heavy (non-hydrogen) atoms. The molecule has 0 spiro atoms. The van der Waals surface area contributed by atoms with E-state index in [1.807, 2.05) is 6.92 Å². The Balaban J connectivity index is 2.58. The minimum atomic E-state index is -1.06. The third kappa shape index (κ3) is 4.35. The van der Waals surface area contributed by atoms with Gasteiger partial charge in [0.1, 0.15) is 0 Å². The zero-order chi connectivity index (χ0) is 13.7. The van der Waals surface area contributed by atoms with Crippen LogP contribution in [0.15, 0.2) is 23.8 Å². The predicted molar refractivity (Wildman–Crippen MR) is 68.2 cm³/mol. The van der Waals surface area contributed by atoms with E-state index in [0.29, 0.717) is 12.3 Å². The van der Waals surface area contributed by atoms with Gasteiger partial charge in [0.15, 0.2) is 0 Å². The summed E-state index contributed by atoms with van der Waals surface area (Å²) in [5.74, 6) is -2.41. The summed E-state index contributed by atoms with van der Waals surface area (Å²) in [5, 5.41) is 17.7. The van der Waals surface area contributed by atoms with Gasteiger partial charge in [0.2, 0.25) is 0 Å². The molecule has 0 aromatic rings. The van der Waals surface area contributed by atoms with E-state index in [-0.39, 0.29) is 6.42 Å². The quantitative estimate of drug-likeness (QED) is 0.713. The Labute approximate surface area is 107 Å². The van der Waals surface area contributed by atoms with Crippen LogP contribution in [0.2, 0.25) is 0 Å². The molecule has 1 aliphatic rings. The monoisotopic (exact) mass is 252 g/mol. The lowest BCUT2D eigenvalue weighted by atomic mass is 9.82. The second-order valence-electron chi connectivity index (χ2n) is 5.02. The van der Waals surface area contributed by atoms with Crippen LogP contribution in [0.4, 0.5) is 0 Å². The van der Waals surface area contributed by atoms with Crippen molar-refractivity contribution in [3.05, 3.63) is 23.8 Å². The average molecular weight is 252 g/mol. The Hall–Kier alpha value is -1.58. The van der Waals surface area contributed by atoms with Crippen LogP contribution in [0.25, 0.3) is 0 Å². The molecule has 0 bridgehead atoms. The number of aliphatic carboxylic acids is 2. The molecule has 0 fully saturated rings. The maximum absolute atomic E-state index is 11.0. The molecule has 0 heterocycles. The number of carboxylic acids is 2. The largest absolute Gasteiger partial charge is 0.481 e. The highest BCUT2D eigenvalue weighted by atomic mass is 16.4. The summed E-state index contributed by atoms with van der Waals surface area (Å²) in [5.41, 5.74) is 2.23. The summed E-state index contributed by atoms with van der Waals surface area (Å²) in [7, 11) is 0. The Kier molecular flexibility index (Phi) is 5.13. The van der Waals surface area contributed by atoms with Gasteiger partial charge in [-0.2, -0.15) is 0 Å². The maximum atomic E-state index is 11.0. The van der Waals surface area contributed by atoms with Gasteiger partial charge in [-0.1, -0.05) is 23.8 Å². The van der Waals surface area contributed by atoms with Crippen molar-refractivity contribution in [2.45, 2.75) is 39.0 Å². The van der Waals surface area contributed by atoms with E-state index in [0.717, 1.165) is 30.4 Å². The van der Waals surface area contributed by atoms with Crippen molar-refractivity contribution in [3.63, 3.8) is 0 Å². The van der Waals surface area contributed by atoms with E-state index >= 15 is 0 Å². The van der Waals surface area contributed by atoms with E-state index in [4.69, 9.17) is 10.2 Å². The molecule has 0 aromatic carbocycles. The number of hydrogen-bond acceptors (Lipinski definition) is 2. The van der Waals surface area contributed by atoms with E-state index in [2.05, 4.69) is 12.7 Å². The van der Waals surface area contributed by atoms with Crippen molar-refractivity contribution in [1.29, 1.82) is 0 Å². The maximum Gasteiger partial charge on any atom is 0.307 e. The molecule has 2 atom stereocenters. The highest BCUT2D eigenvalue weighted by Gasteiger charge is 2.24. The molecule has 4 nitrogen and oxygen atoms in total. The first-order chi connectivity index (χ1) is 8.40. The summed E-state index contributed by atoms with van der Waals surface area (Å²) in [6.07, 6.45) is 4.83. The van der Waals surface area contributed by atoms with E-state index in [1.54, 1.807) is 0 Å². The van der Waals surface area contributed by atoms with Gasteiger partial charge in [-0.3, -0.25) is 9.59 Å². The SMILES string of the molecule is C=C(C)C1CC=C(C[C@@H](CC(=O)O)C(=O)O)CC1. The second kappa shape index (κ2) is 6.38. The summed E-state index contributed by atoms with van der Waals surface area (Å²) in [6, 6.07) is 0. The highest BCUT2D eigenvalue weighted by molar-refractivity contribution is 5.77. The first-order valence-electron chi connectivity index (χ1n) is 6.18. The molecule has 1 unspecified atom stereocenters. The Bertz CT molecular complexity index is 381. The average Bonchev–Trinajstić information content (AvgIpc) is 2.28. The van der Waals surface area contributed by atoms with Crippen molar-refractivity contribution in [3.8, 4) is 0 Å². The predicted octanol–water partition coefficient (Wildman–Crippen LogP) is 2.85. The fraction of sp³-hybridized carbons (Fsp3) is 0.571. The third-order valence-electron chi connectivity index (χ3n) is 3.48. The van der Waals surface area contributed by atoms with Crippen LogP contribution < -0.4 is 0 Å². The van der Waals surface area contributed by atoms with Crippen LogP contribution in [-0.4, -0.2) is 22.2 Å². The van der Waals surface area contributed by atoms with Crippen LogP contribution in [0.3, 0.4) is 0 Å². The van der Waals surface area contributed by atoms with Crippen LogP contribution in [0.5, 0.6) is 0 Å². The molecule has 0 aliphatic heterocycles. The smallest absolute Gasteiger partial charge is 0.307 e. The molecule has 0 amide bonds. The Morgan fingerprint density at radius 1 is 1.50 bits per heavy atom. The molecule has 2 N–H and O–H groups in total. The lowest BCUT2D eigenvalue weighted by Crippen LogP contribution is -2.19. The van der Waals surface area contributed by atoms with E-state index in [9.17, 15) is 9.59 Å². The summed E-state index contributed by atoms with van der Waals surface area (Å²) >= 11 is 0. The molecule has 100 valence electrons. The lowest BCUT2D eigenvalue weighted by Gasteiger charge is -2.23. The van der Waals surface area contributed by atoms with Gasteiger partial charge in [0, 0.05) is 0 Å². The number of carboxylic acid groups (broad SMARTS) is 2. The number of carbonyl (C=O) groups is 2. The van der Waals surface area contributed by atoms with Gasteiger partial charge in [-0.25, -0.2) is 0 Å². The number of hydrogen-bond donors (Lipinski definition) is 2. The lowest BCUT2D eigenvalue weighted by molar-refractivity contribution is -0.148. The minimum absolute atomic E-state index is 0.309. The van der Waals surface area contributed by atoms with E-state index < -0.39 is 17.9 Å². The minimum Gasteiger partial charge on any atom is -0.481 e. The van der Waals surface area contributed by atoms with Crippen molar-refractivity contribution in [1.82, 2.24) is 0 Å². The van der Waals surface area contributed by atoms with Crippen LogP contribution in [0.1, 0.15) is 39.0 Å². The van der Waals surface area contributed by atoms with Gasteiger partial charge in [-0.15, -0.1) is 0 Å². The topological polar surface area (TPSA) is 74.6 Å². The fourth-order valence-electron chi connectivity index (χ4n) is 2.30. The molecule has 4 heteroatoms. The molecule has 1 aliphatic carbocycles. The van der Waals surface area contributed by atoms with Crippen LogP contribution in [-0.2, 0) is 9.59 Å². The van der Waals surface area contributed by atoms with Crippen molar-refractivity contribution >= 4 is 11.9 Å². The van der Waals surface area contributed by atoms with Crippen molar-refractivity contribution in [2.24, 2.45) is 11.8 Å². The molecule has 0 saturated heterocycles. The molecule has 1 rings (SSSR count). The highest BCUT2D eigenvalue weighted by Crippen LogP contribution is 2.31. The number of allylic oxidation sites excluding steroid dienone is 3. The zero-order valence-corrected chi connectivity index (χ0v) is 10.7. The van der Waals surface area contributed by atoms with Crippen LogP contribution >= 0.6 is 0 Å². The summed E-state index contributed by atoms with van der Waals surface area (Å²) in [6.45, 7) is 5.94. The molecule has 0 radical (unpaired) electrons. The molecular weight excluding hydrogens is 232 g/mol. The summed E-state index contributed by atoms with van der Waals surface area (Å²) in [4.78, 5) is 21.6. The van der Waals surface area contributed by atoms with Crippen molar-refractivity contribution < 1.29 is 19.8 Å². The molecule has 0 aromatic heterocycles. The van der Waals surface area contributed by atoms with Gasteiger partial charge in [-0.05, 0) is 38.5 Å². The first kappa shape index (κ1) is 14.5. The van der Waals surface area contributed by atoms with E-state index in [1.165, 1.54) is 0 Å². The third-order valence-corrected chi connectivity index (χ3v) is 3.48. The number of rotatable bonds is 6. The zero-order valence-electron chi connectivity index (χ0n) is 10.7.